The zero-order chi connectivity index (χ0) is 12.2. The van der Waals surface area contributed by atoms with E-state index in [0.717, 1.165) is 19.4 Å². The maximum Gasteiger partial charge on any atom is 0.349 e. The quantitative estimate of drug-likeness (QED) is 0.796. The highest BCUT2D eigenvalue weighted by Crippen LogP contribution is 2.10. The maximum atomic E-state index is 11.7. The van der Waals surface area contributed by atoms with Gasteiger partial charge in [0.25, 0.3) is 0 Å². The van der Waals surface area contributed by atoms with Gasteiger partial charge in [0.05, 0.1) is 0 Å². The second-order valence-electron chi connectivity index (χ2n) is 4.92. The number of nitrogens with one attached hydrogen (secondary N) is 1. The van der Waals surface area contributed by atoms with Crippen molar-refractivity contribution >= 4 is 5.82 Å². The van der Waals surface area contributed by atoms with Crippen LogP contribution in [0.3, 0.4) is 0 Å². The van der Waals surface area contributed by atoms with Crippen LogP contribution in [0.1, 0.15) is 40.5 Å². The summed E-state index contributed by atoms with van der Waals surface area (Å²) in [6.45, 7) is 8.95. The molecule has 0 saturated heterocycles. The summed E-state index contributed by atoms with van der Waals surface area (Å²) in [6, 6.07) is 1.85. The molecule has 4 nitrogen and oxygen atoms in total. The van der Waals surface area contributed by atoms with Crippen LogP contribution in [-0.2, 0) is 5.54 Å². The number of rotatable bonds is 4. The molecule has 1 rings (SSSR count). The molecule has 1 heterocycles. The number of nitrogens with zero attached hydrogens (tertiary/aromatic N) is 2. The predicted octanol–water partition coefficient (Wildman–Crippen LogP) is 2.21. The van der Waals surface area contributed by atoms with Crippen molar-refractivity contribution in [3.63, 3.8) is 0 Å². The lowest BCUT2D eigenvalue weighted by Crippen LogP contribution is -2.35. The van der Waals surface area contributed by atoms with Gasteiger partial charge in [-0.2, -0.15) is 4.98 Å². The van der Waals surface area contributed by atoms with Crippen LogP contribution >= 0.6 is 0 Å². The Morgan fingerprint density at radius 3 is 2.62 bits per heavy atom. The van der Waals surface area contributed by atoms with Gasteiger partial charge in [-0.15, -0.1) is 0 Å². The van der Waals surface area contributed by atoms with Crippen molar-refractivity contribution in [3.05, 3.63) is 22.7 Å². The van der Waals surface area contributed by atoms with Crippen molar-refractivity contribution < 1.29 is 0 Å². The summed E-state index contributed by atoms with van der Waals surface area (Å²) in [4.78, 5) is 15.7. The predicted molar refractivity (Wildman–Crippen MR) is 66.9 cm³/mol. The van der Waals surface area contributed by atoms with Crippen molar-refractivity contribution in [2.24, 2.45) is 0 Å². The third-order valence-corrected chi connectivity index (χ3v) is 2.36. The molecular formula is C12H21N3O. The topological polar surface area (TPSA) is 46.9 Å². The lowest BCUT2D eigenvalue weighted by Gasteiger charge is -2.21. The summed E-state index contributed by atoms with van der Waals surface area (Å²) in [5.41, 5.74) is -0.416. The van der Waals surface area contributed by atoms with Crippen LogP contribution in [0.4, 0.5) is 5.82 Å². The van der Waals surface area contributed by atoms with Crippen LogP contribution in [0, 0.1) is 0 Å². The van der Waals surface area contributed by atoms with Crippen molar-refractivity contribution in [1.29, 1.82) is 0 Å². The molecule has 0 spiro atoms. The van der Waals surface area contributed by atoms with Crippen molar-refractivity contribution in [3.8, 4) is 0 Å². The van der Waals surface area contributed by atoms with E-state index in [1.807, 2.05) is 26.8 Å². The Bertz CT molecular complexity index is 390. The monoisotopic (exact) mass is 223 g/mol. The molecule has 0 aliphatic carbocycles. The molecule has 0 aliphatic rings. The fourth-order valence-corrected chi connectivity index (χ4v) is 1.41. The Hall–Kier alpha value is -1.32. The van der Waals surface area contributed by atoms with E-state index in [-0.39, 0.29) is 11.2 Å². The van der Waals surface area contributed by atoms with Gasteiger partial charge < -0.3 is 5.32 Å². The Kier molecular flexibility index (Phi) is 4.10. The van der Waals surface area contributed by atoms with Crippen LogP contribution in [0.25, 0.3) is 0 Å². The molecule has 0 fully saturated rings. The molecule has 0 aromatic carbocycles. The average molecular weight is 223 g/mol. The molecule has 0 unspecified atom stereocenters. The normalized spacial score (nSPS) is 11.5. The van der Waals surface area contributed by atoms with Crippen molar-refractivity contribution in [2.75, 3.05) is 11.9 Å². The van der Waals surface area contributed by atoms with E-state index in [2.05, 4.69) is 17.2 Å². The van der Waals surface area contributed by atoms with Gasteiger partial charge in [-0.3, -0.25) is 4.57 Å². The van der Waals surface area contributed by atoms with Crippen LogP contribution < -0.4 is 11.0 Å². The van der Waals surface area contributed by atoms with Crippen molar-refractivity contribution in [2.45, 2.75) is 46.1 Å². The summed E-state index contributed by atoms with van der Waals surface area (Å²) in [6.07, 6.45) is 4.01. The van der Waals surface area contributed by atoms with Crippen molar-refractivity contribution in [1.82, 2.24) is 9.55 Å². The number of hydrogen-bond donors (Lipinski definition) is 1. The summed E-state index contributed by atoms with van der Waals surface area (Å²) >= 11 is 0. The molecule has 0 amide bonds. The zero-order valence-electron chi connectivity index (χ0n) is 10.6. The van der Waals surface area contributed by atoms with Gasteiger partial charge in [-0.25, -0.2) is 4.79 Å². The van der Waals surface area contributed by atoms with Crippen LogP contribution in [-0.4, -0.2) is 16.1 Å². The first-order valence-electron chi connectivity index (χ1n) is 5.79. The Morgan fingerprint density at radius 1 is 1.44 bits per heavy atom. The van der Waals surface area contributed by atoms with E-state index >= 15 is 0 Å². The van der Waals surface area contributed by atoms with E-state index < -0.39 is 0 Å². The Labute approximate surface area is 96.7 Å². The molecule has 0 saturated carbocycles. The lowest BCUT2D eigenvalue weighted by molar-refractivity contribution is 0.378. The maximum absolute atomic E-state index is 11.7. The van der Waals surface area contributed by atoms with Gasteiger partial charge in [0.15, 0.2) is 0 Å². The average Bonchev–Trinajstić information content (AvgIpc) is 2.16. The molecule has 0 radical (unpaired) electrons. The summed E-state index contributed by atoms with van der Waals surface area (Å²) in [7, 11) is 0. The summed E-state index contributed by atoms with van der Waals surface area (Å²) < 4.78 is 1.64. The molecule has 1 N–H and O–H groups in total. The minimum atomic E-state index is -0.216. The third-order valence-electron chi connectivity index (χ3n) is 2.36. The molecule has 0 bridgehead atoms. The fourth-order valence-electron chi connectivity index (χ4n) is 1.41. The second-order valence-corrected chi connectivity index (χ2v) is 4.92. The first-order valence-corrected chi connectivity index (χ1v) is 5.79. The van der Waals surface area contributed by atoms with Gasteiger partial charge >= 0.3 is 5.69 Å². The van der Waals surface area contributed by atoms with Crippen LogP contribution in [0.2, 0.25) is 0 Å². The summed E-state index contributed by atoms with van der Waals surface area (Å²) in [5.74, 6) is 0.666. The second kappa shape index (κ2) is 5.14. The number of anilines is 1. The van der Waals surface area contributed by atoms with E-state index in [1.54, 1.807) is 10.8 Å². The smallest absolute Gasteiger partial charge is 0.349 e. The van der Waals surface area contributed by atoms with Crippen LogP contribution in [0.15, 0.2) is 17.1 Å². The molecule has 4 heteroatoms. The first-order chi connectivity index (χ1) is 7.45. The van der Waals surface area contributed by atoms with E-state index in [4.69, 9.17) is 0 Å². The molecule has 0 aliphatic heterocycles. The molecule has 1 aromatic rings. The van der Waals surface area contributed by atoms with Gasteiger partial charge in [0, 0.05) is 18.3 Å². The highest BCUT2D eigenvalue weighted by Gasteiger charge is 2.14. The van der Waals surface area contributed by atoms with Gasteiger partial charge in [-0.05, 0) is 33.3 Å². The highest BCUT2D eigenvalue weighted by atomic mass is 16.1. The van der Waals surface area contributed by atoms with Gasteiger partial charge in [0.2, 0.25) is 0 Å². The molecular weight excluding hydrogens is 202 g/mol. The molecule has 90 valence electrons. The van der Waals surface area contributed by atoms with Crippen LogP contribution in [0.5, 0.6) is 0 Å². The SMILES string of the molecule is CCCCNc1ccn(C(C)(C)C)c(=O)n1. The Balaban J connectivity index is 2.80. The van der Waals surface area contributed by atoms with E-state index in [0.29, 0.717) is 5.82 Å². The lowest BCUT2D eigenvalue weighted by atomic mass is 10.1. The zero-order valence-corrected chi connectivity index (χ0v) is 10.6. The molecule has 0 atom stereocenters. The largest absolute Gasteiger partial charge is 0.370 e. The standard InChI is InChI=1S/C12H21N3O/c1-5-6-8-13-10-7-9-15(11(16)14-10)12(2,3)4/h7,9H,5-6,8H2,1-4H3,(H,13,14,16). The number of aromatic nitrogens is 2. The third kappa shape index (κ3) is 3.36. The number of hydrogen-bond acceptors (Lipinski definition) is 3. The fraction of sp³-hybridized carbons (Fsp3) is 0.667. The van der Waals surface area contributed by atoms with E-state index in [9.17, 15) is 4.79 Å². The summed E-state index contributed by atoms with van der Waals surface area (Å²) in [5, 5.41) is 3.14. The van der Waals surface area contributed by atoms with Gasteiger partial charge in [-0.1, -0.05) is 13.3 Å². The number of unbranched alkanes of at least 4 members (excludes halogenated alkanes) is 1. The van der Waals surface area contributed by atoms with E-state index in [1.165, 1.54) is 0 Å². The minimum Gasteiger partial charge on any atom is -0.370 e. The Morgan fingerprint density at radius 2 is 2.12 bits per heavy atom. The highest BCUT2D eigenvalue weighted by molar-refractivity contribution is 5.31. The minimum absolute atomic E-state index is 0.200. The molecule has 1 aromatic heterocycles. The molecule has 16 heavy (non-hydrogen) atoms. The van der Waals surface area contributed by atoms with Gasteiger partial charge in [0.1, 0.15) is 5.82 Å². The first kappa shape index (κ1) is 12.7.